The summed E-state index contributed by atoms with van der Waals surface area (Å²) in [5.74, 6) is 1.24. The summed E-state index contributed by atoms with van der Waals surface area (Å²) in [6.07, 6.45) is 2.84. The zero-order chi connectivity index (χ0) is 26.2. The van der Waals surface area contributed by atoms with Crippen LogP contribution in [-0.4, -0.2) is 50.9 Å². The van der Waals surface area contributed by atoms with Gasteiger partial charge in [0, 0.05) is 25.3 Å². The summed E-state index contributed by atoms with van der Waals surface area (Å²) in [6, 6.07) is 7.75. The molecule has 7 nitrogen and oxygen atoms in total. The second-order valence-corrected chi connectivity index (χ2v) is 10.2. The number of rotatable bonds is 8. The molecular formula is C27H29F3N6O. The van der Waals surface area contributed by atoms with Gasteiger partial charge in [0.15, 0.2) is 0 Å². The van der Waals surface area contributed by atoms with E-state index in [1.165, 1.54) is 18.5 Å². The van der Waals surface area contributed by atoms with E-state index in [0.29, 0.717) is 41.4 Å². The zero-order valence-corrected chi connectivity index (χ0v) is 20.7. The van der Waals surface area contributed by atoms with E-state index in [-0.39, 0.29) is 11.8 Å². The van der Waals surface area contributed by atoms with E-state index < -0.39 is 11.7 Å². The highest BCUT2D eigenvalue weighted by molar-refractivity contribution is 5.93. The summed E-state index contributed by atoms with van der Waals surface area (Å²) in [4.78, 5) is 24.8. The first-order valence-electron chi connectivity index (χ1n) is 12.6. The number of fused-ring (bicyclic) bond motifs is 1. The predicted molar refractivity (Wildman–Crippen MR) is 133 cm³/mol. The van der Waals surface area contributed by atoms with Crippen LogP contribution in [0, 0.1) is 17.2 Å². The van der Waals surface area contributed by atoms with E-state index in [9.17, 15) is 23.2 Å². The second kappa shape index (κ2) is 10.1. The lowest BCUT2D eigenvalue weighted by Crippen LogP contribution is -2.37. The van der Waals surface area contributed by atoms with Gasteiger partial charge in [0.05, 0.1) is 23.1 Å². The third kappa shape index (κ3) is 5.62. The van der Waals surface area contributed by atoms with Gasteiger partial charge in [-0.3, -0.25) is 9.69 Å². The molecule has 1 aliphatic carbocycles. The van der Waals surface area contributed by atoms with E-state index >= 15 is 0 Å². The van der Waals surface area contributed by atoms with Crippen molar-refractivity contribution in [3.63, 3.8) is 0 Å². The number of hydrogen-bond acceptors (Lipinski definition) is 6. The second-order valence-electron chi connectivity index (χ2n) is 10.2. The number of aromatic nitrogens is 3. The van der Waals surface area contributed by atoms with Crippen LogP contribution in [0.3, 0.4) is 0 Å². The maximum absolute atomic E-state index is 13.0. The topological polar surface area (TPSA) is 78.0 Å². The van der Waals surface area contributed by atoms with Crippen LogP contribution in [0.1, 0.15) is 49.3 Å². The van der Waals surface area contributed by atoms with E-state index in [4.69, 9.17) is 0 Å². The number of Topliss-reactive ketones (excluding diaryl/α,β-unsaturated/α-hetero) is 1. The minimum Gasteiger partial charge on any atom is -0.349 e. The number of alkyl halides is 3. The van der Waals surface area contributed by atoms with Crippen molar-refractivity contribution < 1.29 is 18.0 Å². The molecule has 2 fully saturated rings. The van der Waals surface area contributed by atoms with Crippen LogP contribution < -0.4 is 4.90 Å². The van der Waals surface area contributed by atoms with Crippen LogP contribution in [0.2, 0.25) is 0 Å². The van der Waals surface area contributed by atoms with E-state index in [1.54, 1.807) is 6.92 Å². The fourth-order valence-electron chi connectivity index (χ4n) is 5.23. The van der Waals surface area contributed by atoms with Crippen LogP contribution in [-0.2, 0) is 24.1 Å². The summed E-state index contributed by atoms with van der Waals surface area (Å²) in [6.45, 7) is 4.98. The van der Waals surface area contributed by atoms with Gasteiger partial charge in [-0.1, -0.05) is 12.1 Å². The Labute approximate surface area is 213 Å². The molecule has 5 rings (SSSR count). The minimum absolute atomic E-state index is 0.175. The van der Waals surface area contributed by atoms with Gasteiger partial charge in [-0.05, 0) is 69.3 Å². The third-order valence-electron chi connectivity index (χ3n) is 7.26. The van der Waals surface area contributed by atoms with Gasteiger partial charge in [0.25, 0.3) is 0 Å². The molecule has 1 saturated heterocycles. The quantitative estimate of drug-likeness (QED) is 0.434. The normalized spacial score (nSPS) is 17.2. The Morgan fingerprint density at radius 2 is 1.84 bits per heavy atom. The Kier molecular flexibility index (Phi) is 6.90. The number of nitrogens with zero attached hydrogens (tertiary/aromatic N) is 6. The molecule has 1 saturated carbocycles. The molecule has 0 spiro atoms. The number of nitriles is 1. The van der Waals surface area contributed by atoms with Crippen LogP contribution in [0.15, 0.2) is 36.8 Å². The first kappa shape index (κ1) is 25.2. The molecule has 2 aliphatic rings. The molecule has 3 aromatic rings. The SMILES string of the molecule is CC(=O)CN1CCC(Cn2cc(C#N)c3c(N(Cc4ccc(C(F)(F)F)cc4)C4CC4)ncnc32)CC1. The van der Waals surface area contributed by atoms with Crippen molar-refractivity contribution in [2.75, 3.05) is 24.5 Å². The van der Waals surface area contributed by atoms with Gasteiger partial charge >= 0.3 is 6.18 Å². The molecule has 0 atom stereocenters. The molecule has 0 N–H and O–H groups in total. The average molecular weight is 511 g/mol. The number of likely N-dealkylation sites (tertiary alicyclic amines) is 1. The van der Waals surface area contributed by atoms with Crippen molar-refractivity contribution in [1.29, 1.82) is 5.26 Å². The Bertz CT molecular complexity index is 1310. The first-order valence-corrected chi connectivity index (χ1v) is 12.6. The molecule has 0 unspecified atom stereocenters. The lowest BCUT2D eigenvalue weighted by atomic mass is 9.96. The number of ketones is 1. The summed E-state index contributed by atoms with van der Waals surface area (Å²) in [5, 5.41) is 10.6. The summed E-state index contributed by atoms with van der Waals surface area (Å²) >= 11 is 0. The van der Waals surface area contributed by atoms with Crippen molar-refractivity contribution in [1.82, 2.24) is 19.4 Å². The smallest absolute Gasteiger partial charge is 0.349 e. The number of carbonyl (C=O) groups is 1. The van der Waals surface area contributed by atoms with E-state index in [0.717, 1.165) is 63.0 Å². The summed E-state index contributed by atoms with van der Waals surface area (Å²) in [5.41, 5.74) is 1.28. The van der Waals surface area contributed by atoms with Crippen molar-refractivity contribution in [3.8, 4) is 6.07 Å². The monoisotopic (exact) mass is 510 g/mol. The molecule has 0 radical (unpaired) electrons. The van der Waals surface area contributed by atoms with Gasteiger partial charge < -0.3 is 9.47 Å². The molecule has 2 aromatic heterocycles. The number of halogens is 3. The largest absolute Gasteiger partial charge is 0.416 e. The minimum atomic E-state index is -4.37. The standard InChI is InChI=1S/C27H29F3N6O/c1-18(37)13-34-10-8-20(9-11-34)14-35-16-21(12-31)24-25(35)32-17-33-26(24)36(23-6-7-23)15-19-2-4-22(5-3-19)27(28,29)30/h2-5,16-17,20,23H,6-11,13-15H2,1H3. The molecule has 1 aliphatic heterocycles. The Morgan fingerprint density at radius 3 is 2.43 bits per heavy atom. The van der Waals surface area contributed by atoms with Crippen molar-refractivity contribution in [2.24, 2.45) is 5.92 Å². The highest BCUT2D eigenvalue weighted by atomic mass is 19.4. The fraction of sp³-hybridized carbons (Fsp3) is 0.481. The van der Waals surface area contributed by atoms with Crippen molar-refractivity contribution >= 4 is 22.6 Å². The van der Waals surface area contributed by atoms with Crippen LogP contribution in [0.4, 0.5) is 19.0 Å². The molecule has 37 heavy (non-hydrogen) atoms. The Morgan fingerprint density at radius 1 is 1.14 bits per heavy atom. The van der Waals surface area contributed by atoms with Crippen molar-refractivity contribution in [2.45, 2.75) is 57.9 Å². The van der Waals surface area contributed by atoms with Crippen LogP contribution in [0.5, 0.6) is 0 Å². The number of carbonyl (C=O) groups excluding carboxylic acids is 1. The van der Waals surface area contributed by atoms with Gasteiger partial charge in [0.1, 0.15) is 29.6 Å². The Hall–Kier alpha value is -3.45. The van der Waals surface area contributed by atoms with Gasteiger partial charge in [-0.25, -0.2) is 9.97 Å². The number of benzene rings is 1. The molecule has 0 bridgehead atoms. The maximum Gasteiger partial charge on any atom is 0.416 e. The highest BCUT2D eigenvalue weighted by Crippen LogP contribution is 2.38. The maximum atomic E-state index is 13.0. The molecule has 10 heteroatoms. The van der Waals surface area contributed by atoms with Crippen molar-refractivity contribution in [3.05, 3.63) is 53.5 Å². The van der Waals surface area contributed by atoms with Crippen LogP contribution in [0.25, 0.3) is 11.0 Å². The average Bonchev–Trinajstić information content (AvgIpc) is 3.65. The summed E-state index contributed by atoms with van der Waals surface area (Å²) in [7, 11) is 0. The summed E-state index contributed by atoms with van der Waals surface area (Å²) < 4.78 is 41.1. The predicted octanol–water partition coefficient (Wildman–Crippen LogP) is 4.79. The lowest BCUT2D eigenvalue weighted by molar-refractivity contribution is -0.137. The molecular weight excluding hydrogens is 481 g/mol. The number of anilines is 1. The number of hydrogen-bond donors (Lipinski definition) is 0. The molecule has 0 amide bonds. The molecule has 194 valence electrons. The van der Waals surface area contributed by atoms with Gasteiger partial charge in [-0.15, -0.1) is 0 Å². The van der Waals surface area contributed by atoms with Gasteiger partial charge in [-0.2, -0.15) is 18.4 Å². The van der Waals surface area contributed by atoms with Gasteiger partial charge in [0.2, 0.25) is 0 Å². The zero-order valence-electron chi connectivity index (χ0n) is 20.7. The lowest BCUT2D eigenvalue weighted by Gasteiger charge is -2.31. The first-order chi connectivity index (χ1) is 17.7. The molecule has 3 heterocycles. The Balaban J connectivity index is 1.40. The highest BCUT2D eigenvalue weighted by Gasteiger charge is 2.34. The van der Waals surface area contributed by atoms with E-state index in [1.807, 2.05) is 10.8 Å². The van der Waals surface area contributed by atoms with E-state index in [2.05, 4.69) is 25.8 Å². The van der Waals surface area contributed by atoms with Crippen LogP contribution >= 0.6 is 0 Å². The number of piperidine rings is 1. The molecule has 1 aromatic carbocycles. The fourth-order valence-corrected chi connectivity index (χ4v) is 5.23. The third-order valence-corrected chi connectivity index (χ3v) is 7.26.